The lowest BCUT2D eigenvalue weighted by atomic mass is 10.0. The van der Waals surface area contributed by atoms with Crippen LogP contribution in [-0.4, -0.2) is 35.6 Å². The van der Waals surface area contributed by atoms with Crippen LogP contribution in [0.25, 0.3) is 33.4 Å². The normalized spacial score (nSPS) is 11.2. The highest BCUT2D eigenvalue weighted by Gasteiger charge is 2.22. The van der Waals surface area contributed by atoms with Gasteiger partial charge in [-0.3, -0.25) is 0 Å². The second kappa shape index (κ2) is 9.02. The molecule has 0 spiro atoms. The Hall–Kier alpha value is -4.13. The topological polar surface area (TPSA) is 58.4 Å². The van der Waals surface area contributed by atoms with Crippen molar-refractivity contribution in [1.82, 2.24) is 14.8 Å². The maximum Gasteiger partial charge on any atom is 0.162 e. The van der Waals surface area contributed by atoms with E-state index in [2.05, 4.69) is 14.8 Å². The van der Waals surface area contributed by atoms with Crippen LogP contribution in [-0.2, 0) is 6.54 Å². The minimum absolute atomic E-state index is 0.261. The van der Waals surface area contributed by atoms with Gasteiger partial charge in [0.15, 0.2) is 11.5 Å². The molecule has 0 saturated heterocycles. The summed E-state index contributed by atoms with van der Waals surface area (Å²) in [4.78, 5) is 0. The number of fused-ring (bicyclic) bond motifs is 3. The third-order valence-electron chi connectivity index (χ3n) is 5.82. The second-order valence-corrected chi connectivity index (χ2v) is 7.88. The van der Waals surface area contributed by atoms with Gasteiger partial charge in [-0.1, -0.05) is 12.1 Å². The lowest BCUT2D eigenvalue weighted by molar-refractivity contribution is 0.340. The van der Waals surface area contributed by atoms with E-state index in [1.54, 1.807) is 26.4 Å². The molecule has 0 aliphatic carbocycles. The molecule has 0 unspecified atom stereocenters. The lowest BCUT2D eigenvalue weighted by Gasteiger charge is -2.17. The molecule has 0 radical (unpaired) electrons. The van der Waals surface area contributed by atoms with Crippen LogP contribution in [0.5, 0.6) is 17.2 Å². The number of halogens is 1. The second-order valence-electron chi connectivity index (χ2n) is 7.88. The Morgan fingerprint density at radius 1 is 0.853 bits per heavy atom. The molecule has 0 atom stereocenters. The molecule has 0 N–H and O–H groups in total. The number of pyridine rings is 1. The number of ether oxygens (including phenoxy) is 3. The van der Waals surface area contributed by atoms with Crippen molar-refractivity contribution in [3.05, 3.63) is 78.2 Å². The van der Waals surface area contributed by atoms with E-state index in [0.717, 1.165) is 44.7 Å². The SMILES string of the molecule is CCOc1ccc(-c2nnc3c4cc(OC)c(OC)cc4n(Cc4ccc(F)cc4)cc2-3)cc1. The van der Waals surface area contributed by atoms with Crippen molar-refractivity contribution in [2.24, 2.45) is 0 Å². The van der Waals surface area contributed by atoms with Crippen molar-refractivity contribution in [3.8, 4) is 39.8 Å². The Morgan fingerprint density at radius 3 is 2.21 bits per heavy atom. The number of rotatable bonds is 7. The first kappa shape index (κ1) is 21.7. The molecule has 2 aliphatic rings. The lowest BCUT2D eigenvalue weighted by Crippen LogP contribution is -2.05. The Labute approximate surface area is 196 Å². The van der Waals surface area contributed by atoms with Crippen LogP contribution in [0.4, 0.5) is 4.39 Å². The standard InChI is InChI=1S/C27H24FN3O3/c1-4-34-20-11-7-18(8-12-20)26-22-16-31(15-17-5-9-19(28)10-6-17)23-14-25(33-3)24(32-2)13-21(23)27(22)30-29-26/h5-14,16H,4,15H2,1-3H3. The first-order valence-corrected chi connectivity index (χ1v) is 11.0. The number of aromatic nitrogens is 3. The van der Waals surface area contributed by atoms with Crippen LogP contribution < -0.4 is 14.2 Å². The van der Waals surface area contributed by atoms with Gasteiger partial charge in [-0.2, -0.15) is 0 Å². The van der Waals surface area contributed by atoms with E-state index in [4.69, 9.17) is 14.2 Å². The van der Waals surface area contributed by atoms with Gasteiger partial charge in [0.05, 0.1) is 26.3 Å². The fourth-order valence-corrected chi connectivity index (χ4v) is 4.17. The van der Waals surface area contributed by atoms with Crippen LogP contribution in [0, 0.1) is 5.82 Å². The van der Waals surface area contributed by atoms with Gasteiger partial charge in [-0.15, -0.1) is 10.2 Å². The number of nitrogens with zero attached hydrogens (tertiary/aromatic N) is 3. The van der Waals surface area contributed by atoms with Gasteiger partial charge in [0, 0.05) is 35.3 Å². The summed E-state index contributed by atoms with van der Waals surface area (Å²) in [7, 11) is 3.22. The van der Waals surface area contributed by atoms with Crippen molar-refractivity contribution in [3.63, 3.8) is 0 Å². The predicted octanol–water partition coefficient (Wildman–Crippen LogP) is 5.81. The first-order valence-electron chi connectivity index (χ1n) is 11.0. The minimum Gasteiger partial charge on any atom is -0.494 e. The molecule has 7 heteroatoms. The summed E-state index contributed by atoms with van der Waals surface area (Å²) in [6.45, 7) is 3.10. The van der Waals surface area contributed by atoms with Crippen molar-refractivity contribution in [2.45, 2.75) is 13.5 Å². The van der Waals surface area contributed by atoms with Gasteiger partial charge in [-0.25, -0.2) is 4.39 Å². The number of hydrogen-bond acceptors (Lipinski definition) is 5. The Morgan fingerprint density at radius 2 is 1.53 bits per heavy atom. The molecule has 5 rings (SSSR count). The maximum atomic E-state index is 13.5. The van der Waals surface area contributed by atoms with E-state index >= 15 is 0 Å². The van der Waals surface area contributed by atoms with E-state index in [0.29, 0.717) is 24.7 Å². The number of benzene rings is 3. The van der Waals surface area contributed by atoms with Crippen LogP contribution in [0.3, 0.4) is 0 Å². The summed E-state index contributed by atoms with van der Waals surface area (Å²) >= 11 is 0. The monoisotopic (exact) mass is 457 g/mol. The van der Waals surface area contributed by atoms with E-state index in [9.17, 15) is 4.39 Å². The van der Waals surface area contributed by atoms with Crippen LogP contribution in [0.1, 0.15) is 12.5 Å². The van der Waals surface area contributed by atoms with Gasteiger partial charge < -0.3 is 18.8 Å². The Kier molecular flexibility index (Phi) is 5.76. The smallest absolute Gasteiger partial charge is 0.162 e. The summed E-state index contributed by atoms with van der Waals surface area (Å²) < 4.78 is 32.3. The van der Waals surface area contributed by atoms with E-state index in [1.807, 2.05) is 49.5 Å². The Bertz CT molecular complexity index is 1410. The third kappa shape index (κ3) is 3.90. The van der Waals surface area contributed by atoms with Gasteiger partial charge in [0.2, 0.25) is 0 Å². The van der Waals surface area contributed by atoms with Crippen molar-refractivity contribution < 1.29 is 18.6 Å². The summed E-state index contributed by atoms with van der Waals surface area (Å²) in [5.74, 6) is 1.78. The highest BCUT2D eigenvalue weighted by Crippen LogP contribution is 2.41. The van der Waals surface area contributed by atoms with Gasteiger partial charge in [-0.05, 0) is 55.0 Å². The highest BCUT2D eigenvalue weighted by atomic mass is 19.1. The molecule has 0 bridgehead atoms. The fraction of sp³-hybridized carbons (Fsp3) is 0.185. The first-order chi connectivity index (χ1) is 16.6. The van der Waals surface area contributed by atoms with Gasteiger partial charge >= 0.3 is 0 Å². The summed E-state index contributed by atoms with van der Waals surface area (Å²) in [6, 6.07) is 18.2. The number of hydrogen-bond donors (Lipinski definition) is 0. The van der Waals surface area contributed by atoms with Gasteiger partial charge in [0.25, 0.3) is 0 Å². The van der Waals surface area contributed by atoms with E-state index in [1.165, 1.54) is 12.1 Å². The van der Waals surface area contributed by atoms with Crippen LogP contribution in [0.15, 0.2) is 66.9 Å². The molecule has 3 aromatic rings. The van der Waals surface area contributed by atoms with Gasteiger partial charge in [0.1, 0.15) is 23.0 Å². The molecule has 2 heterocycles. The maximum absolute atomic E-state index is 13.5. The summed E-state index contributed by atoms with van der Waals surface area (Å²) in [5.41, 5.74) is 5.28. The molecular formula is C27H24FN3O3. The average Bonchev–Trinajstić information content (AvgIpc) is 3.29. The third-order valence-corrected chi connectivity index (χ3v) is 5.82. The molecular weight excluding hydrogens is 433 g/mol. The highest BCUT2D eigenvalue weighted by molar-refractivity contribution is 5.99. The minimum atomic E-state index is -0.261. The largest absolute Gasteiger partial charge is 0.494 e. The van der Waals surface area contributed by atoms with E-state index in [-0.39, 0.29) is 5.82 Å². The van der Waals surface area contributed by atoms with E-state index < -0.39 is 0 Å². The van der Waals surface area contributed by atoms with Crippen molar-refractivity contribution >= 4 is 10.9 Å². The molecule has 172 valence electrons. The molecule has 6 nitrogen and oxygen atoms in total. The Balaban J connectivity index is 1.71. The molecule has 0 saturated carbocycles. The number of methoxy groups -OCH3 is 2. The predicted molar refractivity (Wildman–Crippen MR) is 129 cm³/mol. The van der Waals surface area contributed by atoms with Crippen LogP contribution in [0.2, 0.25) is 0 Å². The van der Waals surface area contributed by atoms with Crippen molar-refractivity contribution in [2.75, 3.05) is 20.8 Å². The fourth-order valence-electron chi connectivity index (χ4n) is 4.17. The molecule has 2 aliphatic heterocycles. The quantitative estimate of drug-likeness (QED) is 0.309. The molecule has 0 aromatic heterocycles. The zero-order valence-electron chi connectivity index (χ0n) is 19.2. The molecule has 3 aromatic carbocycles. The summed E-state index contributed by atoms with van der Waals surface area (Å²) in [6.07, 6.45) is 2.04. The van der Waals surface area contributed by atoms with Crippen LogP contribution >= 0.6 is 0 Å². The molecule has 0 fully saturated rings. The molecule has 0 amide bonds. The average molecular weight is 458 g/mol. The zero-order valence-corrected chi connectivity index (χ0v) is 19.2. The van der Waals surface area contributed by atoms with Crippen molar-refractivity contribution in [1.29, 1.82) is 0 Å². The zero-order chi connectivity index (χ0) is 23.7. The summed E-state index contributed by atoms with van der Waals surface area (Å²) in [5, 5.41) is 9.95. The molecule has 34 heavy (non-hydrogen) atoms.